The van der Waals surface area contributed by atoms with E-state index in [1.807, 2.05) is 0 Å². The second-order valence-electron chi connectivity index (χ2n) is 10.5. The van der Waals surface area contributed by atoms with Crippen LogP contribution in [0.1, 0.15) is 104 Å². The smallest absolute Gasteiger partial charge is 0.370 e. The number of rotatable bonds is 21. The molecule has 0 aromatic rings. The molecule has 0 aromatic carbocycles. The Balaban J connectivity index is 2.65. The lowest BCUT2D eigenvalue weighted by molar-refractivity contribution is -0.141. The average Bonchev–Trinajstić information content (AvgIpc) is 2.89. The van der Waals surface area contributed by atoms with Crippen LogP contribution in [0.15, 0.2) is 16.8 Å². The minimum Gasteiger partial charge on any atom is -0.479 e. The lowest BCUT2D eigenvalue weighted by Crippen LogP contribution is -2.64. The molecule has 0 aromatic heterocycles. The number of aliphatic hydroxyl groups is 2. The predicted molar refractivity (Wildman–Crippen MR) is 153 cm³/mol. The number of carboxylic acid groups (broad SMARTS) is 1. The molecule has 0 saturated carbocycles. The van der Waals surface area contributed by atoms with Crippen LogP contribution < -0.4 is 22.1 Å². The molecule has 0 unspecified atom stereocenters. The van der Waals surface area contributed by atoms with Crippen molar-refractivity contribution in [1.82, 2.24) is 10.6 Å². The van der Waals surface area contributed by atoms with Crippen molar-refractivity contribution in [1.29, 1.82) is 0 Å². The van der Waals surface area contributed by atoms with Crippen molar-refractivity contribution in [3.63, 3.8) is 0 Å². The number of aliphatic hydroxyl groups excluding tert-OH is 2. The van der Waals surface area contributed by atoms with Gasteiger partial charge in [-0.05, 0) is 12.5 Å². The zero-order chi connectivity index (χ0) is 29.9. The van der Waals surface area contributed by atoms with Gasteiger partial charge in [0.05, 0.1) is 24.7 Å². The number of aliphatic imine (C=N–C) groups is 1. The van der Waals surface area contributed by atoms with E-state index in [4.69, 9.17) is 16.2 Å². The fraction of sp³-hybridized carbons (Fsp3) is 0.786. The zero-order valence-electron chi connectivity index (χ0n) is 24.1. The number of amides is 2. The van der Waals surface area contributed by atoms with Crippen molar-refractivity contribution in [2.75, 3.05) is 6.61 Å². The van der Waals surface area contributed by atoms with E-state index in [1.165, 1.54) is 64.7 Å². The number of unbranched alkanes of at least 4 members (excludes halogenated alkanes) is 12. The first-order valence-electron chi connectivity index (χ1n) is 14.7. The summed E-state index contributed by atoms with van der Waals surface area (Å²) in [4.78, 5) is 40.4. The summed E-state index contributed by atoms with van der Waals surface area (Å²) in [6.07, 6.45) is 13.8. The Hall–Kier alpha value is -2.86. The normalized spacial score (nSPS) is 20.0. The van der Waals surface area contributed by atoms with Crippen LogP contribution in [0.2, 0.25) is 0 Å². The lowest BCUT2D eigenvalue weighted by Gasteiger charge is -2.40. The molecule has 0 radical (unpaired) electrons. The van der Waals surface area contributed by atoms with Crippen molar-refractivity contribution in [3.05, 3.63) is 11.8 Å². The number of ether oxygens (including phenoxy) is 1. The third kappa shape index (κ3) is 14.0. The lowest BCUT2D eigenvalue weighted by atomic mass is 9.90. The topological polar surface area (TPSA) is 210 Å². The summed E-state index contributed by atoms with van der Waals surface area (Å²) in [6.45, 7) is 2.73. The van der Waals surface area contributed by atoms with Crippen LogP contribution in [-0.4, -0.2) is 76.0 Å². The molecule has 230 valence electrons. The second-order valence-corrected chi connectivity index (χ2v) is 10.5. The van der Waals surface area contributed by atoms with Gasteiger partial charge in [-0.1, -0.05) is 84.0 Å². The Morgan fingerprint density at radius 2 is 1.50 bits per heavy atom. The molecule has 1 rings (SSSR count). The number of carboxylic acids is 1. The molecule has 0 saturated heterocycles. The highest BCUT2D eigenvalue weighted by molar-refractivity contribution is 5.85. The molecule has 1 aliphatic rings. The summed E-state index contributed by atoms with van der Waals surface area (Å²) in [6, 6.07) is -3.34. The van der Waals surface area contributed by atoms with Crippen molar-refractivity contribution in [3.8, 4) is 0 Å². The molecule has 1 aliphatic heterocycles. The molecule has 0 fully saturated rings. The number of carbonyl (C=O) groups is 3. The van der Waals surface area contributed by atoms with Crippen LogP contribution in [0.25, 0.3) is 0 Å². The van der Waals surface area contributed by atoms with Crippen molar-refractivity contribution in [2.24, 2.45) is 16.5 Å². The van der Waals surface area contributed by atoms with Gasteiger partial charge < -0.3 is 42.2 Å². The molecule has 12 heteroatoms. The number of hydrogen-bond acceptors (Lipinski definition) is 7. The van der Waals surface area contributed by atoms with Gasteiger partial charge in [0.25, 0.3) is 0 Å². The monoisotopic (exact) mass is 569 g/mol. The fourth-order valence-corrected chi connectivity index (χ4v) is 4.89. The molecule has 0 aliphatic carbocycles. The summed E-state index contributed by atoms with van der Waals surface area (Å²) >= 11 is 0. The highest BCUT2D eigenvalue weighted by atomic mass is 16.5. The maximum Gasteiger partial charge on any atom is 0.370 e. The molecule has 40 heavy (non-hydrogen) atoms. The van der Waals surface area contributed by atoms with E-state index in [0.29, 0.717) is 6.42 Å². The maximum atomic E-state index is 12.8. The van der Waals surface area contributed by atoms with E-state index in [0.717, 1.165) is 25.3 Å². The third-order valence-electron chi connectivity index (χ3n) is 6.98. The minimum atomic E-state index is -1.51. The van der Waals surface area contributed by atoms with E-state index >= 15 is 0 Å². The molecule has 2 amide bonds. The summed E-state index contributed by atoms with van der Waals surface area (Å²) in [5.74, 6) is -3.17. The summed E-state index contributed by atoms with van der Waals surface area (Å²) in [7, 11) is 0. The number of guanidine groups is 1. The van der Waals surface area contributed by atoms with Crippen LogP contribution in [0.4, 0.5) is 0 Å². The van der Waals surface area contributed by atoms with Gasteiger partial charge in [-0.3, -0.25) is 9.59 Å². The van der Waals surface area contributed by atoms with E-state index in [-0.39, 0.29) is 12.4 Å². The van der Waals surface area contributed by atoms with Crippen molar-refractivity contribution >= 4 is 23.7 Å². The molecule has 1 heterocycles. The van der Waals surface area contributed by atoms with Gasteiger partial charge in [0.1, 0.15) is 12.2 Å². The van der Waals surface area contributed by atoms with Crippen molar-refractivity contribution in [2.45, 2.75) is 134 Å². The first kappa shape index (κ1) is 35.2. The van der Waals surface area contributed by atoms with E-state index < -0.39 is 60.5 Å². The number of nitrogens with two attached hydrogens (primary N) is 2. The van der Waals surface area contributed by atoms with Crippen LogP contribution in [-0.2, 0) is 19.1 Å². The van der Waals surface area contributed by atoms with Crippen LogP contribution in [0.3, 0.4) is 0 Å². The highest BCUT2D eigenvalue weighted by Gasteiger charge is 2.45. The van der Waals surface area contributed by atoms with E-state index in [1.54, 1.807) is 0 Å². The Morgan fingerprint density at radius 1 is 0.975 bits per heavy atom. The summed E-state index contributed by atoms with van der Waals surface area (Å²) in [5.41, 5.74) is 11.0. The highest BCUT2D eigenvalue weighted by Crippen LogP contribution is 2.25. The molecular weight excluding hydrogens is 518 g/mol. The molecule has 0 spiro atoms. The summed E-state index contributed by atoms with van der Waals surface area (Å²) < 4.78 is 5.59. The minimum absolute atomic E-state index is 0.183. The van der Waals surface area contributed by atoms with Gasteiger partial charge >= 0.3 is 5.97 Å². The number of hydrogen-bond donors (Lipinski definition) is 7. The maximum absolute atomic E-state index is 12.8. The third-order valence-corrected chi connectivity index (χ3v) is 6.98. The van der Waals surface area contributed by atoms with Gasteiger partial charge in [-0.25, -0.2) is 9.79 Å². The number of nitrogens with one attached hydrogen (secondary N) is 2. The first-order chi connectivity index (χ1) is 19.1. The van der Waals surface area contributed by atoms with E-state index in [2.05, 4.69) is 22.5 Å². The largest absolute Gasteiger partial charge is 0.479 e. The Labute approximate surface area is 238 Å². The van der Waals surface area contributed by atoms with Crippen LogP contribution in [0, 0.1) is 0 Å². The van der Waals surface area contributed by atoms with Crippen molar-refractivity contribution < 1.29 is 34.4 Å². The molecular formula is C28H51N5O7. The van der Waals surface area contributed by atoms with Crippen LogP contribution in [0.5, 0.6) is 0 Å². The van der Waals surface area contributed by atoms with E-state index in [9.17, 15) is 29.7 Å². The zero-order valence-corrected chi connectivity index (χ0v) is 24.1. The number of carbonyl (C=O) groups excluding carboxylic acids is 2. The Bertz CT molecular complexity index is 832. The van der Waals surface area contributed by atoms with Gasteiger partial charge in [0.2, 0.25) is 17.6 Å². The predicted octanol–water partition coefficient (Wildman–Crippen LogP) is 1.82. The Kier molecular flexibility index (Phi) is 17.7. The van der Waals surface area contributed by atoms with Gasteiger partial charge in [-0.15, -0.1) is 0 Å². The number of aliphatic carboxylic acids is 1. The standard InChI is InChI=1S/C28H51N5O7/c1-3-4-5-6-7-8-9-10-11-12-13-14-15-16-23(37)33-25(21(36)18-34)26-24(31-19(2)35)20(32-28(29)30)17-22(40-26)27(38)39/h17,20-21,24-26,34,36H,3-16,18H2,1-2H3,(H,31,35)(H,33,37)(H,38,39)(H4,29,30,32)/t20-,21+,24+,25+,26+/m0/s1. The van der Waals surface area contributed by atoms with Gasteiger partial charge in [0, 0.05) is 13.3 Å². The molecule has 5 atom stereocenters. The van der Waals surface area contributed by atoms with Gasteiger partial charge in [-0.2, -0.15) is 0 Å². The van der Waals surface area contributed by atoms with Crippen LogP contribution >= 0.6 is 0 Å². The van der Waals surface area contributed by atoms with Gasteiger partial charge in [0.15, 0.2) is 5.96 Å². The summed E-state index contributed by atoms with van der Waals surface area (Å²) in [5, 5.41) is 35.0. The SMILES string of the molecule is CCCCCCCCCCCCCCCC(=O)N[C@@H]([C@@H]1OC(C(=O)O)=C[C@H](N=C(N)N)[C@H]1NC(C)=O)[C@H](O)CO. The average molecular weight is 570 g/mol. The fourth-order valence-electron chi connectivity index (χ4n) is 4.89. The Morgan fingerprint density at radius 3 is 1.95 bits per heavy atom. The first-order valence-corrected chi connectivity index (χ1v) is 14.7. The molecule has 9 N–H and O–H groups in total. The second kappa shape index (κ2) is 20.1. The molecule has 12 nitrogen and oxygen atoms in total. The molecule has 0 bridgehead atoms. The number of nitrogens with zero attached hydrogens (tertiary/aromatic N) is 1. The quantitative estimate of drug-likeness (QED) is 0.0609.